The van der Waals surface area contributed by atoms with E-state index in [2.05, 4.69) is 10.4 Å². The lowest BCUT2D eigenvalue weighted by atomic mass is 10.3. The Kier molecular flexibility index (Phi) is 3.62. The van der Waals surface area contributed by atoms with Crippen LogP contribution in [0.1, 0.15) is 12.1 Å². The minimum Gasteiger partial charge on any atom is -0.396 e. The molecule has 1 rings (SSSR count). The molecule has 0 saturated carbocycles. The molecule has 7 nitrogen and oxygen atoms in total. The summed E-state index contributed by atoms with van der Waals surface area (Å²) in [5.41, 5.74) is 0.379. The first-order chi connectivity index (χ1) is 7.07. The summed E-state index contributed by atoms with van der Waals surface area (Å²) in [5.74, 6) is 0.381. The number of nitro groups is 1. The molecule has 15 heavy (non-hydrogen) atoms. The smallest absolute Gasteiger partial charge is 0.333 e. The largest absolute Gasteiger partial charge is 0.396 e. The molecule has 0 aliphatic heterocycles. The van der Waals surface area contributed by atoms with E-state index in [4.69, 9.17) is 5.11 Å². The number of aryl methyl sites for hydroxylation is 2. The fraction of sp³-hybridized carbons (Fsp3) is 0.625. The van der Waals surface area contributed by atoms with Crippen molar-refractivity contribution in [2.45, 2.75) is 13.3 Å². The molecule has 7 heteroatoms. The van der Waals surface area contributed by atoms with Crippen molar-refractivity contribution in [3.63, 3.8) is 0 Å². The van der Waals surface area contributed by atoms with Crippen LogP contribution in [0.2, 0.25) is 0 Å². The van der Waals surface area contributed by atoms with Crippen molar-refractivity contribution in [2.24, 2.45) is 7.05 Å². The molecule has 0 aliphatic carbocycles. The fourth-order valence-corrected chi connectivity index (χ4v) is 1.35. The second-order valence-electron chi connectivity index (χ2n) is 3.17. The minimum absolute atomic E-state index is 0.00422. The zero-order valence-corrected chi connectivity index (χ0v) is 8.73. The van der Waals surface area contributed by atoms with E-state index in [1.807, 2.05) is 0 Å². The molecule has 84 valence electrons. The van der Waals surface area contributed by atoms with E-state index >= 15 is 0 Å². The van der Waals surface area contributed by atoms with Crippen molar-refractivity contribution in [1.29, 1.82) is 0 Å². The molecule has 1 aromatic rings. The Balaban J connectivity index is 2.89. The Morgan fingerprint density at radius 3 is 2.87 bits per heavy atom. The SMILES string of the molecule is Cc1nn(C)c(NCCCO)c1[N+](=O)[O-]. The zero-order chi connectivity index (χ0) is 11.4. The van der Waals surface area contributed by atoms with Gasteiger partial charge in [0.1, 0.15) is 5.69 Å². The highest BCUT2D eigenvalue weighted by Crippen LogP contribution is 2.26. The van der Waals surface area contributed by atoms with Crippen LogP contribution in [0.25, 0.3) is 0 Å². The Labute approximate surface area is 86.9 Å². The summed E-state index contributed by atoms with van der Waals surface area (Å²) in [5, 5.41) is 26.2. The second kappa shape index (κ2) is 4.74. The Morgan fingerprint density at radius 2 is 2.33 bits per heavy atom. The molecule has 0 amide bonds. The molecular weight excluding hydrogens is 200 g/mol. The van der Waals surface area contributed by atoms with Gasteiger partial charge in [-0.25, -0.2) is 4.68 Å². The van der Waals surface area contributed by atoms with Crippen LogP contribution in [0.5, 0.6) is 0 Å². The second-order valence-corrected chi connectivity index (χ2v) is 3.17. The number of aliphatic hydroxyl groups excluding tert-OH is 1. The van der Waals surface area contributed by atoms with Gasteiger partial charge in [-0.3, -0.25) is 10.1 Å². The van der Waals surface area contributed by atoms with Gasteiger partial charge >= 0.3 is 5.69 Å². The summed E-state index contributed by atoms with van der Waals surface area (Å²) in [6.07, 6.45) is 0.543. The predicted octanol–water partition coefficient (Wildman–Crippen LogP) is 0.431. The van der Waals surface area contributed by atoms with Crippen molar-refractivity contribution >= 4 is 11.5 Å². The molecule has 0 fully saturated rings. The van der Waals surface area contributed by atoms with Crippen LogP contribution in [-0.4, -0.2) is 33.0 Å². The third kappa shape index (κ3) is 2.44. The third-order valence-electron chi connectivity index (χ3n) is 2.00. The highest BCUT2D eigenvalue weighted by atomic mass is 16.6. The van der Waals surface area contributed by atoms with E-state index in [0.29, 0.717) is 24.5 Å². The molecule has 0 radical (unpaired) electrons. The standard InChI is InChI=1S/C8H14N4O3/c1-6-7(12(14)15)8(11(2)10-6)9-4-3-5-13/h9,13H,3-5H2,1-2H3. The first-order valence-electron chi connectivity index (χ1n) is 4.60. The van der Waals surface area contributed by atoms with Crippen molar-refractivity contribution in [2.75, 3.05) is 18.5 Å². The van der Waals surface area contributed by atoms with E-state index in [-0.39, 0.29) is 12.3 Å². The van der Waals surface area contributed by atoms with Gasteiger partial charge in [-0.05, 0) is 13.3 Å². The van der Waals surface area contributed by atoms with Gasteiger partial charge < -0.3 is 10.4 Å². The van der Waals surface area contributed by atoms with Crippen LogP contribution in [0, 0.1) is 17.0 Å². The molecule has 0 aromatic carbocycles. The maximum Gasteiger partial charge on any atom is 0.333 e. The number of aromatic nitrogens is 2. The Bertz CT molecular complexity index is 361. The normalized spacial score (nSPS) is 10.3. The van der Waals surface area contributed by atoms with Gasteiger partial charge in [-0.15, -0.1) is 0 Å². The summed E-state index contributed by atoms with van der Waals surface area (Å²) >= 11 is 0. The molecular formula is C8H14N4O3. The van der Waals surface area contributed by atoms with Crippen LogP contribution in [0.3, 0.4) is 0 Å². The number of anilines is 1. The number of hydrogen-bond donors (Lipinski definition) is 2. The first kappa shape index (κ1) is 11.4. The number of hydrogen-bond acceptors (Lipinski definition) is 5. The van der Waals surface area contributed by atoms with Crippen molar-refractivity contribution < 1.29 is 10.0 Å². The van der Waals surface area contributed by atoms with Crippen LogP contribution in [0.15, 0.2) is 0 Å². The van der Waals surface area contributed by atoms with Crippen LogP contribution < -0.4 is 5.32 Å². The summed E-state index contributed by atoms with van der Waals surface area (Å²) in [6, 6.07) is 0. The molecule has 0 aliphatic rings. The van der Waals surface area contributed by atoms with Gasteiger partial charge in [0.05, 0.1) is 4.92 Å². The zero-order valence-electron chi connectivity index (χ0n) is 8.73. The van der Waals surface area contributed by atoms with Crippen molar-refractivity contribution in [3.8, 4) is 0 Å². The number of rotatable bonds is 5. The molecule has 2 N–H and O–H groups in total. The van der Waals surface area contributed by atoms with E-state index in [0.717, 1.165) is 0 Å². The molecule has 0 unspecified atom stereocenters. The number of aliphatic hydroxyl groups is 1. The molecule has 0 spiro atoms. The molecule has 1 heterocycles. The van der Waals surface area contributed by atoms with E-state index < -0.39 is 4.92 Å². The molecule has 0 atom stereocenters. The molecule has 0 saturated heterocycles. The van der Waals surface area contributed by atoms with Crippen LogP contribution in [-0.2, 0) is 7.05 Å². The maximum absolute atomic E-state index is 10.8. The monoisotopic (exact) mass is 214 g/mol. The van der Waals surface area contributed by atoms with Crippen molar-refractivity contribution in [1.82, 2.24) is 9.78 Å². The quantitative estimate of drug-likeness (QED) is 0.421. The average molecular weight is 214 g/mol. The van der Waals surface area contributed by atoms with Crippen LogP contribution in [0.4, 0.5) is 11.5 Å². The van der Waals surface area contributed by atoms with Gasteiger partial charge in [0.25, 0.3) is 0 Å². The van der Waals surface area contributed by atoms with E-state index in [1.54, 1.807) is 14.0 Å². The lowest BCUT2D eigenvalue weighted by molar-refractivity contribution is -0.384. The highest BCUT2D eigenvalue weighted by Gasteiger charge is 2.23. The van der Waals surface area contributed by atoms with Crippen LogP contribution >= 0.6 is 0 Å². The summed E-state index contributed by atoms with van der Waals surface area (Å²) < 4.78 is 1.44. The van der Waals surface area contributed by atoms with Gasteiger partial charge in [0, 0.05) is 20.2 Å². The number of nitrogens with zero attached hydrogens (tertiary/aromatic N) is 3. The van der Waals surface area contributed by atoms with Crippen molar-refractivity contribution in [3.05, 3.63) is 15.8 Å². The molecule has 1 aromatic heterocycles. The van der Waals surface area contributed by atoms with Gasteiger partial charge in [-0.1, -0.05) is 0 Å². The Morgan fingerprint density at radius 1 is 1.67 bits per heavy atom. The van der Waals surface area contributed by atoms with E-state index in [9.17, 15) is 10.1 Å². The number of nitrogens with one attached hydrogen (secondary N) is 1. The molecule has 0 bridgehead atoms. The first-order valence-corrected chi connectivity index (χ1v) is 4.60. The average Bonchev–Trinajstić information content (AvgIpc) is 2.42. The Hall–Kier alpha value is -1.63. The third-order valence-corrected chi connectivity index (χ3v) is 2.00. The van der Waals surface area contributed by atoms with Gasteiger partial charge in [-0.2, -0.15) is 5.10 Å². The van der Waals surface area contributed by atoms with Gasteiger partial charge in [0.2, 0.25) is 5.82 Å². The predicted molar refractivity (Wildman–Crippen MR) is 54.8 cm³/mol. The lowest BCUT2D eigenvalue weighted by Gasteiger charge is -2.04. The fourth-order valence-electron chi connectivity index (χ4n) is 1.35. The summed E-state index contributed by atoms with van der Waals surface area (Å²) in [7, 11) is 1.64. The maximum atomic E-state index is 10.8. The lowest BCUT2D eigenvalue weighted by Crippen LogP contribution is -2.09. The summed E-state index contributed by atoms with van der Waals surface area (Å²) in [6.45, 7) is 2.13. The topological polar surface area (TPSA) is 93.2 Å². The van der Waals surface area contributed by atoms with E-state index in [1.165, 1.54) is 4.68 Å². The summed E-state index contributed by atoms with van der Waals surface area (Å²) in [4.78, 5) is 10.3. The van der Waals surface area contributed by atoms with Gasteiger partial charge in [0.15, 0.2) is 0 Å². The highest BCUT2D eigenvalue weighted by molar-refractivity contribution is 5.59. The minimum atomic E-state index is -0.455.